The molecule has 0 radical (unpaired) electrons. The molecule has 36 heavy (non-hydrogen) atoms. The van der Waals surface area contributed by atoms with Crippen molar-refractivity contribution >= 4 is 39.3 Å². The normalized spacial score (nSPS) is 14.1. The van der Waals surface area contributed by atoms with Crippen LogP contribution in [0.15, 0.2) is 41.4 Å². The minimum absolute atomic E-state index is 0.265. The third kappa shape index (κ3) is 6.69. The third-order valence-electron chi connectivity index (χ3n) is 5.19. The summed E-state index contributed by atoms with van der Waals surface area (Å²) >= 11 is 0. The second-order valence-corrected chi connectivity index (χ2v) is 9.72. The molecule has 0 amide bonds. The SMILES string of the molecule is Cc1[nH]nc(Nc2ccnc(Nc3cccc(S(=O)(=O)N4CCCC4)c3)n2)c1C.O=C(O)C(F)(F)F. The van der Waals surface area contributed by atoms with E-state index in [9.17, 15) is 21.6 Å². The van der Waals surface area contributed by atoms with Crippen LogP contribution in [-0.2, 0) is 14.8 Å². The Labute approximate surface area is 204 Å². The van der Waals surface area contributed by atoms with Crippen molar-refractivity contribution in [1.29, 1.82) is 0 Å². The second-order valence-electron chi connectivity index (χ2n) is 7.78. The lowest BCUT2D eigenvalue weighted by Crippen LogP contribution is -2.27. The van der Waals surface area contributed by atoms with Crippen LogP contribution in [0.5, 0.6) is 0 Å². The van der Waals surface area contributed by atoms with Crippen molar-refractivity contribution in [2.45, 2.75) is 37.8 Å². The summed E-state index contributed by atoms with van der Waals surface area (Å²) in [5.74, 6) is -1.12. The van der Waals surface area contributed by atoms with Crippen molar-refractivity contribution in [1.82, 2.24) is 24.5 Å². The van der Waals surface area contributed by atoms with E-state index in [0.717, 1.165) is 24.1 Å². The number of carboxylic acid groups (broad SMARTS) is 1. The number of aliphatic carboxylic acids is 1. The number of aryl methyl sites for hydroxylation is 1. The van der Waals surface area contributed by atoms with Crippen LogP contribution >= 0.6 is 0 Å². The van der Waals surface area contributed by atoms with Gasteiger partial charge in [-0.05, 0) is 51.0 Å². The molecule has 0 bridgehead atoms. The summed E-state index contributed by atoms with van der Waals surface area (Å²) in [6.45, 7) is 5.06. The highest BCUT2D eigenvalue weighted by molar-refractivity contribution is 7.89. The van der Waals surface area contributed by atoms with E-state index in [4.69, 9.17) is 9.90 Å². The van der Waals surface area contributed by atoms with Crippen LogP contribution < -0.4 is 10.6 Å². The van der Waals surface area contributed by atoms with Gasteiger partial charge in [0.2, 0.25) is 16.0 Å². The predicted molar refractivity (Wildman–Crippen MR) is 125 cm³/mol. The van der Waals surface area contributed by atoms with E-state index in [-0.39, 0.29) is 4.90 Å². The van der Waals surface area contributed by atoms with Gasteiger partial charge in [0, 0.05) is 36.2 Å². The van der Waals surface area contributed by atoms with Gasteiger partial charge in [0.25, 0.3) is 0 Å². The Kier molecular flexibility index (Phi) is 8.14. The molecule has 1 aromatic carbocycles. The Bertz CT molecular complexity index is 1320. The molecule has 0 saturated carbocycles. The molecule has 0 aliphatic carbocycles. The lowest BCUT2D eigenvalue weighted by atomic mass is 10.3. The minimum atomic E-state index is -5.08. The first-order valence-corrected chi connectivity index (χ1v) is 12.1. The molecule has 0 atom stereocenters. The molecule has 4 rings (SSSR count). The van der Waals surface area contributed by atoms with Crippen LogP contribution in [0.2, 0.25) is 0 Å². The third-order valence-corrected chi connectivity index (χ3v) is 7.09. The zero-order valence-electron chi connectivity index (χ0n) is 19.3. The number of aromatic nitrogens is 4. The maximum atomic E-state index is 12.8. The lowest BCUT2D eigenvalue weighted by Gasteiger charge is -2.16. The maximum Gasteiger partial charge on any atom is 0.490 e. The van der Waals surface area contributed by atoms with E-state index < -0.39 is 22.2 Å². The summed E-state index contributed by atoms with van der Waals surface area (Å²) in [5.41, 5.74) is 2.60. The van der Waals surface area contributed by atoms with E-state index in [1.54, 1.807) is 36.5 Å². The molecule has 1 fully saturated rings. The van der Waals surface area contributed by atoms with Gasteiger partial charge >= 0.3 is 12.1 Å². The van der Waals surface area contributed by atoms with E-state index in [1.165, 1.54) is 4.31 Å². The first-order valence-electron chi connectivity index (χ1n) is 10.7. The number of nitrogens with one attached hydrogen (secondary N) is 3. The standard InChI is InChI=1S/C19H23N7O2S.C2HF3O2/c1-13-14(2)24-25-18(13)22-17-8-9-20-19(23-17)21-15-6-5-7-16(12-15)29(27,28)26-10-3-4-11-26;3-2(4,5)1(6)7/h5-9,12H,3-4,10-11H2,1-2H3,(H3,20,21,22,23,24,25);(H,6,7). The van der Waals surface area contributed by atoms with Crippen molar-refractivity contribution in [2.75, 3.05) is 23.7 Å². The van der Waals surface area contributed by atoms with Crippen LogP contribution in [0, 0.1) is 13.8 Å². The molecule has 11 nitrogen and oxygen atoms in total. The quantitative estimate of drug-likeness (QED) is 0.376. The van der Waals surface area contributed by atoms with E-state index in [2.05, 4.69) is 30.8 Å². The smallest absolute Gasteiger partial charge is 0.475 e. The van der Waals surface area contributed by atoms with Crippen molar-refractivity contribution < 1.29 is 31.5 Å². The average Bonchev–Trinajstić information content (AvgIpc) is 3.47. The minimum Gasteiger partial charge on any atom is -0.475 e. The van der Waals surface area contributed by atoms with Crippen LogP contribution in [0.1, 0.15) is 24.1 Å². The molecule has 15 heteroatoms. The van der Waals surface area contributed by atoms with Gasteiger partial charge in [-0.25, -0.2) is 18.2 Å². The molecule has 3 aromatic rings. The second kappa shape index (κ2) is 10.9. The van der Waals surface area contributed by atoms with Crippen LogP contribution in [-0.4, -0.2) is 63.2 Å². The van der Waals surface area contributed by atoms with Gasteiger partial charge in [0.15, 0.2) is 5.82 Å². The summed E-state index contributed by atoms with van der Waals surface area (Å²) < 4.78 is 58.8. The topological polar surface area (TPSA) is 153 Å². The number of aromatic amines is 1. The van der Waals surface area contributed by atoms with Gasteiger partial charge < -0.3 is 15.7 Å². The molecule has 2 aromatic heterocycles. The Morgan fingerprint density at radius 1 is 1.14 bits per heavy atom. The summed E-state index contributed by atoms with van der Waals surface area (Å²) in [5, 5.41) is 20.5. The number of nitrogens with zero attached hydrogens (tertiary/aromatic N) is 4. The molecule has 4 N–H and O–H groups in total. The average molecular weight is 528 g/mol. The predicted octanol–water partition coefficient (Wildman–Crippen LogP) is 3.72. The monoisotopic (exact) mass is 527 g/mol. The highest BCUT2D eigenvalue weighted by atomic mass is 32.2. The lowest BCUT2D eigenvalue weighted by molar-refractivity contribution is -0.192. The largest absolute Gasteiger partial charge is 0.490 e. The summed E-state index contributed by atoms with van der Waals surface area (Å²) in [7, 11) is -3.48. The maximum absolute atomic E-state index is 12.8. The summed E-state index contributed by atoms with van der Waals surface area (Å²) in [6, 6.07) is 8.46. The van der Waals surface area contributed by atoms with Gasteiger partial charge in [0.1, 0.15) is 5.82 Å². The summed E-state index contributed by atoms with van der Waals surface area (Å²) in [6.07, 6.45) is -1.66. The molecule has 0 spiro atoms. The molecule has 0 unspecified atom stereocenters. The fourth-order valence-corrected chi connectivity index (χ4v) is 4.72. The van der Waals surface area contributed by atoms with E-state index >= 15 is 0 Å². The Balaban J connectivity index is 0.000000454. The molecule has 1 aliphatic heterocycles. The van der Waals surface area contributed by atoms with Crippen molar-refractivity contribution in [2.24, 2.45) is 0 Å². The number of rotatable bonds is 6. The van der Waals surface area contributed by atoms with Crippen molar-refractivity contribution in [3.05, 3.63) is 47.8 Å². The Morgan fingerprint density at radius 2 is 1.81 bits per heavy atom. The number of H-pyrrole nitrogens is 1. The van der Waals surface area contributed by atoms with Gasteiger partial charge in [-0.1, -0.05) is 6.07 Å². The molecule has 3 heterocycles. The number of anilines is 4. The number of hydrogen-bond donors (Lipinski definition) is 4. The number of sulfonamides is 1. The first-order chi connectivity index (χ1) is 16.9. The number of carbonyl (C=O) groups is 1. The molecular formula is C21H24F3N7O4S. The van der Waals surface area contributed by atoms with Crippen molar-refractivity contribution in [3.8, 4) is 0 Å². The molecule has 1 saturated heterocycles. The van der Waals surface area contributed by atoms with Gasteiger partial charge in [-0.3, -0.25) is 5.10 Å². The number of benzene rings is 1. The zero-order chi connectivity index (χ0) is 26.5. The van der Waals surface area contributed by atoms with Crippen LogP contribution in [0.25, 0.3) is 0 Å². The Hall–Kier alpha value is -3.72. The van der Waals surface area contributed by atoms with Gasteiger partial charge in [0.05, 0.1) is 4.90 Å². The first kappa shape index (κ1) is 26.9. The van der Waals surface area contributed by atoms with Crippen LogP contribution in [0.4, 0.5) is 36.4 Å². The van der Waals surface area contributed by atoms with E-state index in [0.29, 0.717) is 36.4 Å². The molecule has 194 valence electrons. The summed E-state index contributed by atoms with van der Waals surface area (Å²) in [4.78, 5) is 17.8. The number of halogens is 3. The van der Waals surface area contributed by atoms with Crippen LogP contribution in [0.3, 0.4) is 0 Å². The highest BCUT2D eigenvalue weighted by Gasteiger charge is 2.38. The number of carboxylic acids is 1. The number of hydrogen-bond acceptors (Lipinski definition) is 8. The fraction of sp³-hybridized carbons (Fsp3) is 0.333. The van der Waals surface area contributed by atoms with Gasteiger partial charge in [-0.2, -0.15) is 27.6 Å². The fourth-order valence-electron chi connectivity index (χ4n) is 3.16. The Morgan fingerprint density at radius 3 is 2.39 bits per heavy atom. The molecular weight excluding hydrogens is 503 g/mol. The zero-order valence-corrected chi connectivity index (χ0v) is 20.1. The van der Waals surface area contributed by atoms with Crippen molar-refractivity contribution in [3.63, 3.8) is 0 Å². The number of alkyl halides is 3. The van der Waals surface area contributed by atoms with E-state index in [1.807, 2.05) is 13.8 Å². The van der Waals surface area contributed by atoms with Gasteiger partial charge in [-0.15, -0.1) is 0 Å². The molecule has 1 aliphatic rings. The highest BCUT2D eigenvalue weighted by Crippen LogP contribution is 2.25.